The summed E-state index contributed by atoms with van der Waals surface area (Å²) >= 11 is 0. The highest BCUT2D eigenvalue weighted by Crippen LogP contribution is 2.43. The molecule has 0 aliphatic carbocycles. The topological polar surface area (TPSA) is 59.4 Å². The maximum Gasteiger partial charge on any atom is 0.223 e. The van der Waals surface area contributed by atoms with Crippen LogP contribution >= 0.6 is 0 Å². The summed E-state index contributed by atoms with van der Waals surface area (Å²) in [5, 5.41) is 7.99. The molecule has 2 aliphatic rings. The smallest absolute Gasteiger partial charge is 0.223 e. The number of aromatic nitrogens is 2. The molecule has 2 aromatic rings. The van der Waals surface area contributed by atoms with E-state index in [9.17, 15) is 4.79 Å². The molecule has 0 saturated carbocycles. The van der Waals surface area contributed by atoms with Gasteiger partial charge in [0.15, 0.2) is 0 Å². The lowest BCUT2D eigenvalue weighted by Gasteiger charge is -2.28. The van der Waals surface area contributed by atoms with E-state index >= 15 is 0 Å². The zero-order chi connectivity index (χ0) is 19.8. The molecule has 3 atom stereocenters. The van der Waals surface area contributed by atoms with Gasteiger partial charge in [-0.05, 0) is 49.4 Å². The first-order valence-corrected chi connectivity index (χ1v) is 10.1. The van der Waals surface area contributed by atoms with Gasteiger partial charge < -0.3 is 15.0 Å². The van der Waals surface area contributed by atoms with Crippen molar-refractivity contribution in [3.8, 4) is 5.75 Å². The first kappa shape index (κ1) is 19.0. The Labute approximate surface area is 166 Å². The largest absolute Gasteiger partial charge is 0.497 e. The monoisotopic (exact) mass is 382 g/mol. The van der Waals surface area contributed by atoms with Crippen LogP contribution in [-0.4, -0.2) is 47.3 Å². The van der Waals surface area contributed by atoms with E-state index in [0.29, 0.717) is 18.3 Å². The molecule has 28 heavy (non-hydrogen) atoms. The Kier molecular flexibility index (Phi) is 5.15. The molecule has 6 nitrogen and oxygen atoms in total. The molecule has 1 aromatic carbocycles. The number of nitrogens with zero attached hydrogens (tertiary/aromatic N) is 3. The van der Waals surface area contributed by atoms with Crippen LogP contribution < -0.4 is 10.1 Å². The summed E-state index contributed by atoms with van der Waals surface area (Å²) in [6.07, 6.45) is 1.29. The van der Waals surface area contributed by atoms with Gasteiger partial charge in [0.25, 0.3) is 0 Å². The maximum absolute atomic E-state index is 13.2. The average Bonchev–Trinajstić information content (AvgIpc) is 3.34. The zero-order valence-corrected chi connectivity index (χ0v) is 17.2. The second-order valence-electron chi connectivity index (χ2n) is 8.12. The Balaban J connectivity index is 1.53. The Bertz CT molecular complexity index is 858. The predicted octanol–water partition coefficient (Wildman–Crippen LogP) is 2.40. The van der Waals surface area contributed by atoms with Crippen molar-refractivity contribution in [2.75, 3.05) is 26.7 Å². The van der Waals surface area contributed by atoms with Crippen LogP contribution in [-0.2, 0) is 18.3 Å². The van der Waals surface area contributed by atoms with Gasteiger partial charge in [0.05, 0.1) is 18.8 Å². The van der Waals surface area contributed by atoms with E-state index in [1.54, 1.807) is 7.11 Å². The zero-order valence-electron chi connectivity index (χ0n) is 17.2. The number of hydrogen-bond donors (Lipinski definition) is 1. The molecule has 4 rings (SSSR count). The number of fused-ring (bicyclic) bond motifs is 1. The van der Waals surface area contributed by atoms with Crippen LogP contribution in [0.1, 0.15) is 35.0 Å². The fraction of sp³-hybridized carbons (Fsp3) is 0.545. The minimum atomic E-state index is 0.148. The van der Waals surface area contributed by atoms with Gasteiger partial charge in [-0.3, -0.25) is 9.48 Å². The van der Waals surface area contributed by atoms with E-state index in [2.05, 4.69) is 34.4 Å². The maximum atomic E-state index is 13.2. The highest BCUT2D eigenvalue weighted by molar-refractivity contribution is 5.77. The van der Waals surface area contributed by atoms with E-state index in [1.807, 2.05) is 30.8 Å². The van der Waals surface area contributed by atoms with E-state index in [4.69, 9.17) is 4.74 Å². The van der Waals surface area contributed by atoms with Crippen molar-refractivity contribution in [1.29, 1.82) is 0 Å². The molecule has 2 fully saturated rings. The molecule has 0 bridgehead atoms. The number of amides is 1. The standard InChI is InChI=1S/C22H30N4O2/c1-14-19(15(2)25(3)24-14)9-10-21(27)26-13-17-11-23-12-20(17)22(26)16-5-7-18(28-4)8-6-16/h5-8,17,20,22-23H,9-13H2,1-4H3/t17-,20-,22-/m0/s1. The van der Waals surface area contributed by atoms with Crippen LogP contribution in [0.5, 0.6) is 5.75 Å². The lowest BCUT2D eigenvalue weighted by Crippen LogP contribution is -2.34. The van der Waals surface area contributed by atoms with Crippen molar-refractivity contribution >= 4 is 5.91 Å². The second-order valence-corrected chi connectivity index (χ2v) is 8.12. The number of hydrogen-bond acceptors (Lipinski definition) is 4. The fourth-order valence-electron chi connectivity index (χ4n) is 4.96. The molecule has 2 aliphatic heterocycles. The third kappa shape index (κ3) is 3.30. The Hall–Kier alpha value is -2.34. The molecule has 3 heterocycles. The number of benzene rings is 1. The quantitative estimate of drug-likeness (QED) is 0.863. The van der Waals surface area contributed by atoms with Gasteiger partial charge in [-0.15, -0.1) is 0 Å². The summed E-state index contributed by atoms with van der Waals surface area (Å²) in [6, 6.07) is 8.36. The van der Waals surface area contributed by atoms with E-state index in [-0.39, 0.29) is 11.9 Å². The van der Waals surface area contributed by atoms with Gasteiger partial charge in [0.1, 0.15) is 5.75 Å². The minimum absolute atomic E-state index is 0.148. The number of nitrogens with one attached hydrogen (secondary N) is 1. The molecular formula is C22H30N4O2. The van der Waals surface area contributed by atoms with Crippen molar-refractivity contribution in [3.63, 3.8) is 0 Å². The van der Waals surface area contributed by atoms with Gasteiger partial charge in [0, 0.05) is 44.7 Å². The summed E-state index contributed by atoms with van der Waals surface area (Å²) in [5.41, 5.74) is 4.60. The molecule has 1 amide bonds. The Morgan fingerprint density at radius 3 is 2.64 bits per heavy atom. The molecule has 0 radical (unpaired) electrons. The summed E-state index contributed by atoms with van der Waals surface area (Å²) in [5.74, 6) is 2.12. The van der Waals surface area contributed by atoms with Crippen LogP contribution in [0.3, 0.4) is 0 Å². The Morgan fingerprint density at radius 2 is 2.00 bits per heavy atom. The van der Waals surface area contributed by atoms with E-state index < -0.39 is 0 Å². The van der Waals surface area contributed by atoms with Crippen LogP contribution in [0.25, 0.3) is 0 Å². The summed E-state index contributed by atoms with van der Waals surface area (Å²) in [7, 11) is 3.64. The van der Waals surface area contributed by atoms with Crippen molar-refractivity contribution in [2.24, 2.45) is 18.9 Å². The molecular weight excluding hydrogens is 352 g/mol. The second kappa shape index (κ2) is 7.59. The molecule has 2 saturated heterocycles. The van der Waals surface area contributed by atoms with Crippen molar-refractivity contribution in [1.82, 2.24) is 20.0 Å². The van der Waals surface area contributed by atoms with Gasteiger partial charge in [0.2, 0.25) is 5.91 Å². The first-order chi connectivity index (χ1) is 13.5. The molecule has 0 spiro atoms. The number of aryl methyl sites for hydroxylation is 2. The highest BCUT2D eigenvalue weighted by atomic mass is 16.5. The van der Waals surface area contributed by atoms with Crippen molar-refractivity contribution < 1.29 is 9.53 Å². The van der Waals surface area contributed by atoms with E-state index in [1.165, 1.54) is 11.1 Å². The van der Waals surface area contributed by atoms with Crippen molar-refractivity contribution in [3.05, 3.63) is 46.8 Å². The van der Waals surface area contributed by atoms with Gasteiger partial charge in [-0.1, -0.05) is 12.1 Å². The number of carbonyl (C=O) groups is 1. The third-order valence-corrected chi connectivity index (χ3v) is 6.59. The van der Waals surface area contributed by atoms with Crippen LogP contribution in [0.4, 0.5) is 0 Å². The number of carbonyl (C=O) groups excluding carboxylic acids is 1. The predicted molar refractivity (Wildman–Crippen MR) is 108 cm³/mol. The molecule has 1 N–H and O–H groups in total. The highest BCUT2D eigenvalue weighted by Gasteiger charge is 2.46. The van der Waals surface area contributed by atoms with Gasteiger partial charge in [-0.25, -0.2) is 0 Å². The van der Waals surface area contributed by atoms with Gasteiger partial charge >= 0.3 is 0 Å². The lowest BCUT2D eigenvalue weighted by molar-refractivity contribution is -0.132. The first-order valence-electron chi connectivity index (χ1n) is 10.1. The molecule has 0 unspecified atom stereocenters. The average molecular weight is 383 g/mol. The van der Waals surface area contributed by atoms with Crippen LogP contribution in [0, 0.1) is 25.7 Å². The number of ether oxygens (including phenoxy) is 1. The van der Waals surface area contributed by atoms with Crippen molar-refractivity contribution in [2.45, 2.75) is 32.7 Å². The summed E-state index contributed by atoms with van der Waals surface area (Å²) in [4.78, 5) is 15.4. The SMILES string of the molecule is COc1ccc([C@H]2[C@H]3CNC[C@H]3CN2C(=O)CCc2c(C)nn(C)c2C)cc1. The number of likely N-dealkylation sites (tertiary alicyclic amines) is 1. The van der Waals surface area contributed by atoms with E-state index in [0.717, 1.165) is 43.2 Å². The normalized spacial score (nSPS) is 23.9. The summed E-state index contributed by atoms with van der Waals surface area (Å²) in [6.45, 7) is 6.93. The van der Waals surface area contributed by atoms with Crippen LogP contribution in [0.15, 0.2) is 24.3 Å². The molecule has 1 aromatic heterocycles. The van der Waals surface area contributed by atoms with Gasteiger partial charge in [-0.2, -0.15) is 5.10 Å². The summed E-state index contributed by atoms with van der Waals surface area (Å²) < 4.78 is 7.21. The third-order valence-electron chi connectivity index (χ3n) is 6.59. The number of methoxy groups -OCH3 is 1. The van der Waals surface area contributed by atoms with Crippen LogP contribution in [0.2, 0.25) is 0 Å². The molecule has 150 valence electrons. The number of rotatable bonds is 5. The fourth-order valence-corrected chi connectivity index (χ4v) is 4.96. The minimum Gasteiger partial charge on any atom is -0.497 e. The molecule has 6 heteroatoms. The Morgan fingerprint density at radius 1 is 1.25 bits per heavy atom. The lowest BCUT2D eigenvalue weighted by atomic mass is 9.89.